The molecule has 0 amide bonds. The Hall–Kier alpha value is -7.56. The number of hydrogen-bond acceptors (Lipinski definition) is 4. The predicted molar refractivity (Wildman–Crippen MR) is 253 cm³/mol. The summed E-state index contributed by atoms with van der Waals surface area (Å²) in [7, 11) is 0. The van der Waals surface area contributed by atoms with Gasteiger partial charge in [0, 0.05) is 0 Å². The molecule has 0 fully saturated rings. The van der Waals surface area contributed by atoms with E-state index in [1.54, 1.807) is 0 Å². The second-order valence-corrected chi connectivity index (χ2v) is 17.3. The van der Waals surface area contributed by atoms with Gasteiger partial charge in [-0.2, -0.15) is 0 Å². The number of aromatic hydroxyl groups is 4. The highest BCUT2D eigenvalue weighted by Gasteiger charge is 2.54. The number of phenolic OH excluding ortho intramolecular Hbond substituents is 4. The van der Waals surface area contributed by atoms with E-state index in [9.17, 15) is 20.4 Å². The summed E-state index contributed by atoms with van der Waals surface area (Å²) in [6, 6.07) is 54.7. The third kappa shape index (κ3) is 4.50. The quantitative estimate of drug-likeness (QED) is 0.103. The molecule has 0 aliphatic heterocycles. The van der Waals surface area contributed by atoms with E-state index in [0.717, 1.165) is 50.9 Å². The predicted octanol–water partition coefficient (Wildman–Crippen LogP) is 13.9. The van der Waals surface area contributed by atoms with Crippen LogP contribution < -0.4 is 0 Å². The molecule has 4 heteroatoms. The molecular formula is C59H44O4. The summed E-state index contributed by atoms with van der Waals surface area (Å²) >= 11 is 0. The minimum absolute atomic E-state index is 0.0197. The van der Waals surface area contributed by atoms with Crippen LogP contribution in [0, 0.1) is 5.92 Å². The van der Waals surface area contributed by atoms with Crippen LogP contribution in [0.2, 0.25) is 0 Å². The lowest BCUT2D eigenvalue weighted by atomic mass is 9.67. The first-order valence-corrected chi connectivity index (χ1v) is 22.1. The molecule has 0 bridgehead atoms. The summed E-state index contributed by atoms with van der Waals surface area (Å²) in [5, 5.41) is 48.5. The van der Waals surface area contributed by atoms with Crippen molar-refractivity contribution in [1.29, 1.82) is 0 Å². The monoisotopic (exact) mass is 816 g/mol. The maximum Gasteiger partial charge on any atom is 0.170 e. The molecule has 0 aromatic heterocycles. The summed E-state index contributed by atoms with van der Waals surface area (Å²) < 4.78 is 0. The molecule has 8 aromatic carbocycles. The molecule has 304 valence electrons. The van der Waals surface area contributed by atoms with E-state index >= 15 is 0 Å². The third-order valence-corrected chi connectivity index (χ3v) is 14.5. The molecule has 63 heavy (non-hydrogen) atoms. The first-order valence-electron chi connectivity index (χ1n) is 22.1. The average Bonchev–Trinajstić information content (AvgIpc) is 4.00. The SMILES string of the molecule is CC.CC1C=CC2=C(C1)C1(c3cc(-c4c(O)c(O)c(-c5ccc6c(c5)C5(c7ccccc7-c7ccccc75)c5ccccc5-6)c(O)c4O)ccc32)c2ccccc2-c2ccccc21. The molecule has 4 N–H and O–H groups in total. The number of benzene rings is 8. The summed E-state index contributed by atoms with van der Waals surface area (Å²) in [5.41, 5.74) is 18.2. The number of rotatable bonds is 2. The lowest BCUT2D eigenvalue weighted by molar-refractivity contribution is 0.378. The summed E-state index contributed by atoms with van der Waals surface area (Å²) in [6.07, 6.45) is 5.41. The molecule has 8 aromatic rings. The number of fused-ring (bicyclic) bond motifs is 19. The summed E-state index contributed by atoms with van der Waals surface area (Å²) in [5.74, 6) is -1.64. The second kappa shape index (κ2) is 13.2. The van der Waals surface area contributed by atoms with E-state index in [-0.39, 0.29) is 11.1 Å². The van der Waals surface area contributed by atoms with Crippen molar-refractivity contribution in [2.75, 3.05) is 0 Å². The minimum Gasteiger partial charge on any atom is -0.504 e. The lowest BCUT2D eigenvalue weighted by Gasteiger charge is -2.34. The van der Waals surface area contributed by atoms with Gasteiger partial charge in [0.2, 0.25) is 0 Å². The van der Waals surface area contributed by atoms with Crippen molar-refractivity contribution in [3.8, 4) is 78.6 Å². The van der Waals surface area contributed by atoms with Crippen LogP contribution in [0.4, 0.5) is 0 Å². The van der Waals surface area contributed by atoms with Gasteiger partial charge in [-0.15, -0.1) is 0 Å². The molecule has 13 rings (SSSR count). The molecule has 0 saturated carbocycles. The molecule has 5 aliphatic carbocycles. The number of hydrogen-bond donors (Lipinski definition) is 4. The van der Waals surface area contributed by atoms with Crippen LogP contribution in [-0.2, 0) is 10.8 Å². The van der Waals surface area contributed by atoms with E-state index in [2.05, 4.69) is 146 Å². The largest absolute Gasteiger partial charge is 0.504 e. The van der Waals surface area contributed by atoms with Gasteiger partial charge in [-0.25, -0.2) is 0 Å². The van der Waals surface area contributed by atoms with E-state index in [1.165, 1.54) is 44.5 Å². The molecule has 1 atom stereocenters. The zero-order chi connectivity index (χ0) is 42.9. The Balaban J connectivity index is 0.00000208. The Bertz CT molecular complexity index is 3230. The fraction of sp³-hybridized carbons (Fsp3) is 0.119. The van der Waals surface area contributed by atoms with Crippen molar-refractivity contribution in [2.24, 2.45) is 5.92 Å². The van der Waals surface area contributed by atoms with E-state index in [0.29, 0.717) is 17.0 Å². The number of phenols is 4. The molecule has 1 unspecified atom stereocenters. The van der Waals surface area contributed by atoms with Crippen LogP contribution in [0.1, 0.15) is 71.7 Å². The van der Waals surface area contributed by atoms with Crippen LogP contribution in [0.25, 0.3) is 61.2 Å². The van der Waals surface area contributed by atoms with Crippen LogP contribution in [0.3, 0.4) is 0 Å². The van der Waals surface area contributed by atoms with Crippen LogP contribution >= 0.6 is 0 Å². The van der Waals surface area contributed by atoms with E-state index in [4.69, 9.17) is 0 Å². The van der Waals surface area contributed by atoms with Gasteiger partial charge in [0.25, 0.3) is 0 Å². The van der Waals surface area contributed by atoms with Gasteiger partial charge in [0.15, 0.2) is 23.0 Å². The van der Waals surface area contributed by atoms with E-state index in [1.807, 2.05) is 44.2 Å². The Morgan fingerprint density at radius 1 is 0.397 bits per heavy atom. The molecule has 5 aliphatic rings. The zero-order valence-electron chi connectivity index (χ0n) is 35.2. The molecule has 0 radical (unpaired) electrons. The van der Waals surface area contributed by atoms with Crippen molar-refractivity contribution in [3.63, 3.8) is 0 Å². The zero-order valence-corrected chi connectivity index (χ0v) is 35.2. The van der Waals surface area contributed by atoms with Gasteiger partial charge in [-0.3, -0.25) is 0 Å². The molecule has 0 saturated heterocycles. The third-order valence-electron chi connectivity index (χ3n) is 14.5. The minimum atomic E-state index is -0.650. The van der Waals surface area contributed by atoms with Gasteiger partial charge < -0.3 is 20.4 Å². The van der Waals surface area contributed by atoms with Crippen molar-refractivity contribution in [1.82, 2.24) is 0 Å². The molecule has 2 spiro atoms. The Kier molecular flexibility index (Phi) is 7.81. The van der Waals surface area contributed by atoms with Gasteiger partial charge >= 0.3 is 0 Å². The van der Waals surface area contributed by atoms with Crippen molar-refractivity contribution in [3.05, 3.63) is 220 Å². The maximum absolute atomic E-state index is 12.1. The van der Waals surface area contributed by atoms with Crippen molar-refractivity contribution < 1.29 is 20.4 Å². The normalized spacial score (nSPS) is 16.7. The van der Waals surface area contributed by atoms with Gasteiger partial charge in [0.1, 0.15) is 0 Å². The van der Waals surface area contributed by atoms with Crippen LogP contribution in [0.15, 0.2) is 175 Å². The van der Waals surface area contributed by atoms with Gasteiger partial charge in [-0.1, -0.05) is 179 Å². The topological polar surface area (TPSA) is 80.9 Å². The average molecular weight is 817 g/mol. The Labute approximate surface area is 367 Å². The summed E-state index contributed by atoms with van der Waals surface area (Å²) in [4.78, 5) is 0. The Morgan fingerprint density at radius 3 is 1.14 bits per heavy atom. The van der Waals surface area contributed by atoms with Gasteiger partial charge in [0.05, 0.1) is 22.0 Å². The number of allylic oxidation sites excluding steroid dienone is 4. The first-order chi connectivity index (χ1) is 30.8. The standard InChI is InChI=1S/C57H38O4.C2H6/c1-31-22-25-39-41-27-24-33(30-49(41)57(47(39)28-31)45-20-10-4-14-36(45)37-15-5-11-21-46(37)57)51-54(60)52(58)50(53(59)55(51)61)32-23-26-40-38-16-6-9-19-44(38)56(48(40)29-32)42-17-7-2-12-34(42)35-13-3-8-18-43(35)56;1-2/h2-27,29-31,58-61H,28H2,1H3;1-2H3. The van der Waals surface area contributed by atoms with Crippen LogP contribution in [0.5, 0.6) is 23.0 Å². The highest BCUT2D eigenvalue weighted by atomic mass is 16.3. The molecular weight excluding hydrogens is 773 g/mol. The van der Waals surface area contributed by atoms with E-state index < -0.39 is 33.8 Å². The fourth-order valence-electron chi connectivity index (χ4n) is 12.2. The van der Waals surface area contributed by atoms with Crippen molar-refractivity contribution >= 4 is 5.57 Å². The highest BCUT2D eigenvalue weighted by molar-refractivity contribution is 6.01. The van der Waals surface area contributed by atoms with Gasteiger partial charge in [-0.05, 0) is 125 Å². The molecule has 4 nitrogen and oxygen atoms in total. The fourth-order valence-corrected chi connectivity index (χ4v) is 12.2. The maximum atomic E-state index is 12.1. The van der Waals surface area contributed by atoms with Crippen LogP contribution in [-0.4, -0.2) is 20.4 Å². The second-order valence-electron chi connectivity index (χ2n) is 17.3. The first kappa shape index (κ1) is 37.2. The highest BCUT2D eigenvalue weighted by Crippen LogP contribution is 2.66. The smallest absolute Gasteiger partial charge is 0.170 e. The lowest BCUT2D eigenvalue weighted by Crippen LogP contribution is -2.28. The summed E-state index contributed by atoms with van der Waals surface area (Å²) in [6.45, 7) is 6.25. The Morgan fingerprint density at radius 2 is 0.730 bits per heavy atom. The molecule has 0 heterocycles. The van der Waals surface area contributed by atoms with Crippen molar-refractivity contribution in [2.45, 2.75) is 38.0 Å².